The number of hydrogen-bond donors (Lipinski definition) is 2. The molecule has 0 atom stereocenters. The van der Waals surface area contributed by atoms with Crippen molar-refractivity contribution < 1.29 is 19.4 Å². The van der Waals surface area contributed by atoms with E-state index >= 15 is 0 Å². The molecule has 1 amide bonds. The first-order valence-corrected chi connectivity index (χ1v) is 5.70. The van der Waals surface area contributed by atoms with Crippen LogP contribution in [0.5, 0.6) is 5.75 Å². The normalized spacial score (nSPS) is 15.9. The van der Waals surface area contributed by atoms with Crippen molar-refractivity contribution in [2.45, 2.75) is 25.2 Å². The number of anilines is 1. The molecule has 1 aromatic rings. The van der Waals surface area contributed by atoms with Crippen molar-refractivity contribution in [2.75, 3.05) is 12.4 Å². The zero-order valence-electron chi connectivity index (χ0n) is 10.3. The predicted octanol–water partition coefficient (Wildman–Crippen LogP) is 1.77. The van der Waals surface area contributed by atoms with Gasteiger partial charge in [-0.3, -0.25) is 9.59 Å². The van der Waals surface area contributed by atoms with Crippen LogP contribution in [0.1, 0.15) is 25.3 Å². The monoisotopic (exact) mass is 249 g/mol. The molecule has 0 aliphatic heterocycles. The van der Waals surface area contributed by atoms with Crippen molar-refractivity contribution in [3.05, 3.63) is 23.8 Å². The van der Waals surface area contributed by atoms with Gasteiger partial charge < -0.3 is 15.2 Å². The van der Waals surface area contributed by atoms with E-state index in [0.29, 0.717) is 29.8 Å². The molecule has 2 N–H and O–H groups in total. The lowest BCUT2D eigenvalue weighted by atomic mass is 9.94. The number of benzene rings is 1. The highest BCUT2D eigenvalue weighted by molar-refractivity contribution is 5.95. The third-order valence-corrected chi connectivity index (χ3v) is 3.22. The van der Waals surface area contributed by atoms with E-state index in [0.717, 1.165) is 0 Å². The van der Waals surface area contributed by atoms with Gasteiger partial charge in [0.15, 0.2) is 0 Å². The molecule has 0 spiro atoms. The molecule has 0 unspecified atom stereocenters. The van der Waals surface area contributed by atoms with Crippen molar-refractivity contribution in [3.8, 4) is 5.75 Å². The molecule has 96 valence electrons. The second-order valence-corrected chi connectivity index (χ2v) is 4.45. The summed E-state index contributed by atoms with van der Waals surface area (Å²) in [5, 5.41) is 12.0. The number of carboxylic acid groups (broad SMARTS) is 1. The minimum absolute atomic E-state index is 0.248. The summed E-state index contributed by atoms with van der Waals surface area (Å²) < 4.78 is 5.18. The number of carbonyl (C=O) groups is 2. The van der Waals surface area contributed by atoms with Crippen LogP contribution >= 0.6 is 0 Å². The standard InChI is InChI=1S/C13H15NO4/c1-8(15)14-11-9(4-3-5-10(11)18-2)13(6-7-13)12(16)17/h3-5H,6-7H2,1-2H3,(H,14,15)(H,16,17). The molecule has 1 aromatic carbocycles. The molecular weight excluding hydrogens is 234 g/mol. The lowest BCUT2D eigenvalue weighted by Gasteiger charge is -2.18. The first-order chi connectivity index (χ1) is 8.51. The number of carboxylic acids is 1. The number of methoxy groups -OCH3 is 1. The Hall–Kier alpha value is -2.04. The topological polar surface area (TPSA) is 75.6 Å². The molecule has 1 saturated carbocycles. The van der Waals surface area contributed by atoms with E-state index in [9.17, 15) is 14.7 Å². The van der Waals surface area contributed by atoms with Crippen LogP contribution in [0.2, 0.25) is 0 Å². The minimum Gasteiger partial charge on any atom is -0.495 e. The van der Waals surface area contributed by atoms with Crippen molar-refractivity contribution in [1.29, 1.82) is 0 Å². The highest BCUT2D eigenvalue weighted by Crippen LogP contribution is 2.52. The second kappa shape index (κ2) is 4.33. The van der Waals surface area contributed by atoms with Crippen LogP contribution in [0.3, 0.4) is 0 Å². The smallest absolute Gasteiger partial charge is 0.314 e. The fourth-order valence-electron chi connectivity index (χ4n) is 2.13. The third-order valence-electron chi connectivity index (χ3n) is 3.22. The summed E-state index contributed by atoms with van der Waals surface area (Å²) in [6, 6.07) is 5.17. The van der Waals surface area contributed by atoms with Crippen LogP contribution in [0.4, 0.5) is 5.69 Å². The number of nitrogens with one attached hydrogen (secondary N) is 1. The van der Waals surface area contributed by atoms with Crippen LogP contribution in [0.15, 0.2) is 18.2 Å². The van der Waals surface area contributed by atoms with E-state index in [4.69, 9.17) is 4.74 Å². The summed E-state index contributed by atoms with van der Waals surface area (Å²) in [7, 11) is 1.49. The minimum atomic E-state index is -0.869. The largest absolute Gasteiger partial charge is 0.495 e. The van der Waals surface area contributed by atoms with Crippen LogP contribution in [0, 0.1) is 0 Å². The first kappa shape index (κ1) is 12.4. The number of ether oxygens (including phenoxy) is 1. The first-order valence-electron chi connectivity index (χ1n) is 5.70. The van der Waals surface area contributed by atoms with E-state index in [1.165, 1.54) is 14.0 Å². The summed E-state index contributed by atoms with van der Waals surface area (Å²) in [6.45, 7) is 1.39. The fraction of sp³-hybridized carbons (Fsp3) is 0.385. The molecule has 2 rings (SSSR count). The molecule has 0 bridgehead atoms. The van der Waals surface area contributed by atoms with Gasteiger partial charge in [-0.25, -0.2) is 0 Å². The molecule has 5 heteroatoms. The highest BCUT2D eigenvalue weighted by atomic mass is 16.5. The Bertz CT molecular complexity index is 506. The van der Waals surface area contributed by atoms with Crippen molar-refractivity contribution in [2.24, 2.45) is 0 Å². The SMILES string of the molecule is COc1cccc(C2(C(=O)O)CC2)c1NC(C)=O. The van der Waals surface area contributed by atoms with Crippen LogP contribution in [-0.2, 0) is 15.0 Å². The number of para-hydroxylation sites is 1. The molecule has 5 nitrogen and oxygen atoms in total. The van der Waals surface area contributed by atoms with Gasteiger partial charge in [-0.05, 0) is 24.5 Å². The number of rotatable bonds is 4. The lowest BCUT2D eigenvalue weighted by Crippen LogP contribution is -2.22. The van der Waals surface area contributed by atoms with Gasteiger partial charge in [-0.1, -0.05) is 12.1 Å². The number of amides is 1. The van der Waals surface area contributed by atoms with Gasteiger partial charge >= 0.3 is 5.97 Å². The fourth-order valence-corrected chi connectivity index (χ4v) is 2.13. The summed E-state index contributed by atoms with van der Waals surface area (Å²) in [4.78, 5) is 22.6. The molecular formula is C13H15NO4. The Morgan fingerprint density at radius 3 is 2.50 bits per heavy atom. The molecule has 1 aliphatic carbocycles. The summed E-state index contributed by atoms with van der Waals surface area (Å²) in [5.74, 6) is -0.625. The van der Waals surface area contributed by atoms with E-state index < -0.39 is 11.4 Å². The number of carbonyl (C=O) groups excluding carboxylic acids is 1. The van der Waals surface area contributed by atoms with Gasteiger partial charge in [-0.2, -0.15) is 0 Å². The second-order valence-electron chi connectivity index (χ2n) is 4.45. The molecule has 0 radical (unpaired) electrons. The van der Waals surface area contributed by atoms with Crippen molar-refractivity contribution in [3.63, 3.8) is 0 Å². The summed E-state index contributed by atoms with van der Waals surface area (Å²) >= 11 is 0. The maximum Gasteiger partial charge on any atom is 0.314 e. The zero-order chi connectivity index (χ0) is 13.3. The average molecular weight is 249 g/mol. The van der Waals surface area contributed by atoms with Crippen molar-refractivity contribution in [1.82, 2.24) is 0 Å². The lowest BCUT2D eigenvalue weighted by molar-refractivity contribution is -0.140. The molecule has 0 aromatic heterocycles. The molecule has 1 aliphatic rings. The Morgan fingerprint density at radius 2 is 2.06 bits per heavy atom. The van der Waals surface area contributed by atoms with Gasteiger partial charge in [0, 0.05) is 6.92 Å². The van der Waals surface area contributed by atoms with E-state index in [1.54, 1.807) is 18.2 Å². The van der Waals surface area contributed by atoms with Crippen LogP contribution in [0.25, 0.3) is 0 Å². The van der Waals surface area contributed by atoms with Gasteiger partial charge in [-0.15, -0.1) is 0 Å². The Morgan fingerprint density at radius 1 is 1.39 bits per heavy atom. The molecule has 0 saturated heterocycles. The highest BCUT2D eigenvalue weighted by Gasteiger charge is 2.53. The van der Waals surface area contributed by atoms with E-state index in [1.807, 2.05) is 0 Å². The van der Waals surface area contributed by atoms with Crippen molar-refractivity contribution >= 4 is 17.6 Å². The van der Waals surface area contributed by atoms with Crippen LogP contribution < -0.4 is 10.1 Å². The average Bonchev–Trinajstić information content (AvgIpc) is 3.09. The van der Waals surface area contributed by atoms with Gasteiger partial charge in [0.25, 0.3) is 0 Å². The van der Waals surface area contributed by atoms with Gasteiger partial charge in [0.05, 0.1) is 18.2 Å². The van der Waals surface area contributed by atoms with Crippen LogP contribution in [-0.4, -0.2) is 24.1 Å². The van der Waals surface area contributed by atoms with E-state index in [2.05, 4.69) is 5.32 Å². The third kappa shape index (κ3) is 1.92. The predicted molar refractivity (Wildman–Crippen MR) is 65.8 cm³/mol. The molecule has 1 fully saturated rings. The Kier molecular flexibility index (Phi) is 2.98. The molecule has 0 heterocycles. The molecule has 18 heavy (non-hydrogen) atoms. The van der Waals surface area contributed by atoms with Gasteiger partial charge in [0.1, 0.15) is 5.75 Å². The zero-order valence-corrected chi connectivity index (χ0v) is 10.3. The Labute approximate surface area is 105 Å². The number of hydrogen-bond acceptors (Lipinski definition) is 3. The quantitative estimate of drug-likeness (QED) is 0.852. The van der Waals surface area contributed by atoms with E-state index in [-0.39, 0.29) is 5.91 Å². The summed E-state index contributed by atoms with van der Waals surface area (Å²) in [6.07, 6.45) is 1.17. The maximum absolute atomic E-state index is 11.4. The Balaban J connectivity index is 2.53. The van der Waals surface area contributed by atoms with Gasteiger partial charge in [0.2, 0.25) is 5.91 Å². The summed E-state index contributed by atoms with van der Waals surface area (Å²) in [5.41, 5.74) is 0.212. The maximum atomic E-state index is 11.4. The number of aliphatic carboxylic acids is 1.